The van der Waals surface area contributed by atoms with Crippen molar-refractivity contribution in [3.05, 3.63) is 59.7 Å². The fourth-order valence-corrected chi connectivity index (χ4v) is 6.75. The predicted molar refractivity (Wildman–Crippen MR) is 104 cm³/mol. The number of fused-ring (bicyclic) bond motifs is 5. The molecule has 0 heterocycles. The zero-order chi connectivity index (χ0) is 17.7. The van der Waals surface area contributed by atoms with Crippen molar-refractivity contribution < 1.29 is 9.47 Å². The lowest BCUT2D eigenvalue weighted by molar-refractivity contribution is 0.181. The van der Waals surface area contributed by atoms with Crippen LogP contribution in [0.15, 0.2) is 48.5 Å². The number of rotatable bonds is 4. The van der Waals surface area contributed by atoms with E-state index >= 15 is 0 Å². The van der Waals surface area contributed by atoms with E-state index in [1.54, 1.807) is 14.2 Å². The molecule has 2 aromatic rings. The lowest BCUT2D eigenvalue weighted by atomic mass is 9.59. The van der Waals surface area contributed by atoms with Gasteiger partial charge in [-0.2, -0.15) is 0 Å². The van der Waals surface area contributed by atoms with E-state index < -0.39 is 0 Å². The van der Waals surface area contributed by atoms with Crippen molar-refractivity contribution in [1.82, 2.24) is 0 Å². The Bertz CT molecular complexity index is 729. The van der Waals surface area contributed by atoms with Gasteiger partial charge in [-0.15, -0.1) is 0 Å². The van der Waals surface area contributed by atoms with Crippen LogP contribution in [0.2, 0.25) is 0 Å². The van der Waals surface area contributed by atoms with Crippen molar-refractivity contribution in [2.24, 2.45) is 23.7 Å². The number of hydrogen-bond donors (Lipinski definition) is 0. The Morgan fingerprint density at radius 2 is 1.31 bits per heavy atom. The maximum absolute atomic E-state index is 5.42. The van der Waals surface area contributed by atoms with Gasteiger partial charge in [0.25, 0.3) is 0 Å². The summed E-state index contributed by atoms with van der Waals surface area (Å²) in [6.45, 7) is 0. The van der Waals surface area contributed by atoms with E-state index in [-0.39, 0.29) is 5.41 Å². The van der Waals surface area contributed by atoms with Gasteiger partial charge in [0.05, 0.1) is 14.2 Å². The molecule has 2 heteroatoms. The molecule has 2 aromatic carbocycles. The monoisotopic (exact) mass is 348 g/mol. The highest BCUT2D eigenvalue weighted by Gasteiger charge is 2.61. The Hall–Kier alpha value is -1.96. The van der Waals surface area contributed by atoms with E-state index in [0.717, 1.165) is 35.2 Å². The lowest BCUT2D eigenvalue weighted by Crippen LogP contribution is -2.40. The highest BCUT2D eigenvalue weighted by molar-refractivity contribution is 5.47. The van der Waals surface area contributed by atoms with Gasteiger partial charge in [-0.25, -0.2) is 0 Å². The maximum Gasteiger partial charge on any atom is 0.118 e. The highest BCUT2D eigenvalue weighted by atomic mass is 16.5. The topological polar surface area (TPSA) is 18.5 Å². The van der Waals surface area contributed by atoms with Crippen LogP contribution in [0, 0.1) is 23.7 Å². The molecule has 0 saturated heterocycles. The van der Waals surface area contributed by atoms with Crippen LogP contribution in [0.5, 0.6) is 11.5 Å². The molecule has 3 saturated carbocycles. The maximum atomic E-state index is 5.42. The Labute approximate surface area is 156 Å². The Morgan fingerprint density at radius 3 is 1.85 bits per heavy atom. The molecule has 0 radical (unpaired) electrons. The average molecular weight is 348 g/mol. The molecule has 2 nitrogen and oxygen atoms in total. The molecule has 136 valence electrons. The third-order valence-corrected chi connectivity index (χ3v) is 7.73. The van der Waals surface area contributed by atoms with Crippen molar-refractivity contribution in [3.8, 4) is 11.5 Å². The van der Waals surface area contributed by atoms with Gasteiger partial charge in [-0.3, -0.25) is 0 Å². The molecule has 0 aliphatic heterocycles. The highest BCUT2D eigenvalue weighted by Crippen LogP contribution is 2.68. The van der Waals surface area contributed by atoms with Gasteiger partial charge < -0.3 is 9.47 Å². The van der Waals surface area contributed by atoms with Crippen LogP contribution in [0.25, 0.3) is 0 Å². The molecule has 0 aromatic heterocycles. The Morgan fingerprint density at radius 1 is 0.769 bits per heavy atom. The van der Waals surface area contributed by atoms with Crippen LogP contribution in [0.3, 0.4) is 0 Å². The van der Waals surface area contributed by atoms with Gasteiger partial charge in [-0.05, 0) is 84.7 Å². The Balaban J connectivity index is 1.63. The van der Waals surface area contributed by atoms with Crippen LogP contribution in [-0.4, -0.2) is 14.2 Å². The Kier molecular flexibility index (Phi) is 3.77. The van der Waals surface area contributed by atoms with Crippen molar-refractivity contribution in [3.63, 3.8) is 0 Å². The summed E-state index contributed by atoms with van der Waals surface area (Å²) in [5.41, 5.74) is 3.11. The largest absolute Gasteiger partial charge is 0.497 e. The van der Waals surface area contributed by atoms with Crippen molar-refractivity contribution in [2.45, 2.75) is 37.5 Å². The SMILES string of the molecule is COc1ccc(C2(c3ccc(OC)cc3)CC3CC2C2CCCC32)cc1. The second kappa shape index (κ2) is 6.04. The minimum Gasteiger partial charge on any atom is -0.497 e. The lowest BCUT2D eigenvalue weighted by Gasteiger charge is -2.44. The normalized spacial score (nSPS) is 31.0. The zero-order valence-electron chi connectivity index (χ0n) is 15.8. The molecule has 0 N–H and O–H groups in total. The second-order valence-corrected chi connectivity index (χ2v) is 8.49. The predicted octanol–water partition coefficient (Wildman–Crippen LogP) is 5.45. The summed E-state index contributed by atoms with van der Waals surface area (Å²) in [5, 5.41) is 0. The molecular formula is C24H28O2. The van der Waals surface area contributed by atoms with Gasteiger partial charge in [0, 0.05) is 5.41 Å². The number of ether oxygens (including phenoxy) is 2. The van der Waals surface area contributed by atoms with Crippen LogP contribution < -0.4 is 9.47 Å². The molecule has 3 aliphatic carbocycles. The first-order chi connectivity index (χ1) is 12.8. The van der Waals surface area contributed by atoms with E-state index in [1.165, 1.54) is 43.2 Å². The van der Waals surface area contributed by atoms with E-state index in [4.69, 9.17) is 9.47 Å². The molecule has 0 spiro atoms. The molecular weight excluding hydrogens is 320 g/mol. The summed E-state index contributed by atoms with van der Waals surface area (Å²) in [4.78, 5) is 0. The zero-order valence-corrected chi connectivity index (χ0v) is 15.8. The third kappa shape index (κ3) is 2.17. The first-order valence-corrected chi connectivity index (χ1v) is 10.1. The van der Waals surface area contributed by atoms with Crippen LogP contribution >= 0.6 is 0 Å². The summed E-state index contributed by atoms with van der Waals surface area (Å²) in [5.74, 6) is 5.47. The van der Waals surface area contributed by atoms with Crippen molar-refractivity contribution in [1.29, 1.82) is 0 Å². The molecule has 3 aliphatic rings. The van der Waals surface area contributed by atoms with Crippen LogP contribution in [0.4, 0.5) is 0 Å². The van der Waals surface area contributed by atoms with Gasteiger partial charge in [-0.1, -0.05) is 30.7 Å². The standard InChI is InChI=1S/C24H28O2/c1-25-19-10-6-17(7-11-19)24(18-8-12-20(26-2)13-9-18)15-16-14-23(24)22-5-3-4-21(16)22/h6-13,16,21-23H,3-5,14-15H2,1-2H3. The molecule has 3 fully saturated rings. The minimum absolute atomic E-state index is 0.161. The number of hydrogen-bond acceptors (Lipinski definition) is 2. The van der Waals surface area contributed by atoms with Gasteiger partial charge >= 0.3 is 0 Å². The second-order valence-electron chi connectivity index (χ2n) is 8.49. The molecule has 26 heavy (non-hydrogen) atoms. The van der Waals surface area contributed by atoms with Crippen molar-refractivity contribution >= 4 is 0 Å². The van der Waals surface area contributed by atoms with E-state index in [1.807, 2.05) is 0 Å². The smallest absolute Gasteiger partial charge is 0.118 e. The minimum atomic E-state index is 0.161. The fraction of sp³-hybridized carbons (Fsp3) is 0.500. The van der Waals surface area contributed by atoms with Crippen LogP contribution in [0.1, 0.15) is 43.2 Å². The summed E-state index contributed by atoms with van der Waals surface area (Å²) in [6.07, 6.45) is 7.04. The van der Waals surface area contributed by atoms with Crippen LogP contribution in [-0.2, 0) is 5.41 Å². The third-order valence-electron chi connectivity index (χ3n) is 7.73. The number of benzene rings is 2. The first-order valence-electron chi connectivity index (χ1n) is 10.1. The summed E-state index contributed by atoms with van der Waals surface area (Å²) >= 11 is 0. The van der Waals surface area contributed by atoms with Crippen molar-refractivity contribution in [2.75, 3.05) is 14.2 Å². The van der Waals surface area contributed by atoms with E-state index in [2.05, 4.69) is 48.5 Å². The quantitative estimate of drug-likeness (QED) is 0.732. The molecule has 2 bridgehead atoms. The summed E-state index contributed by atoms with van der Waals surface area (Å²) in [7, 11) is 3.49. The molecule has 4 unspecified atom stereocenters. The fourth-order valence-electron chi connectivity index (χ4n) is 6.75. The average Bonchev–Trinajstić information content (AvgIpc) is 3.40. The molecule has 5 rings (SSSR count). The van der Waals surface area contributed by atoms with E-state index in [0.29, 0.717) is 0 Å². The molecule has 0 amide bonds. The van der Waals surface area contributed by atoms with Gasteiger partial charge in [0.2, 0.25) is 0 Å². The first kappa shape index (κ1) is 16.2. The molecule has 4 atom stereocenters. The summed E-state index contributed by atoms with van der Waals surface area (Å²) < 4.78 is 10.8. The van der Waals surface area contributed by atoms with Gasteiger partial charge in [0.15, 0.2) is 0 Å². The van der Waals surface area contributed by atoms with Gasteiger partial charge in [0.1, 0.15) is 11.5 Å². The number of methoxy groups -OCH3 is 2. The van der Waals surface area contributed by atoms with E-state index in [9.17, 15) is 0 Å². The summed E-state index contributed by atoms with van der Waals surface area (Å²) in [6, 6.07) is 17.8.